The van der Waals surface area contributed by atoms with E-state index < -0.39 is 39.1 Å². The van der Waals surface area contributed by atoms with Crippen LogP contribution in [-0.4, -0.2) is 69.4 Å². The molecule has 0 aromatic rings. The van der Waals surface area contributed by atoms with E-state index in [2.05, 4.69) is 24.3 Å². The molecule has 0 heterocycles. The number of hydrogen-bond acceptors (Lipinski definition) is 4. The molecule has 23 heavy (non-hydrogen) atoms. The van der Waals surface area contributed by atoms with E-state index >= 15 is 0 Å². The molecule has 0 radical (unpaired) electrons. The Morgan fingerprint density at radius 3 is 1.52 bits per heavy atom. The second kappa shape index (κ2) is 8.25. The minimum absolute atomic E-state index is 0. The maximum Gasteiger partial charge on any atom is -0.0184 e. The van der Waals surface area contributed by atoms with Gasteiger partial charge in [0.05, 0.1) is 5.92 Å². The van der Waals surface area contributed by atoms with Crippen molar-refractivity contribution in [3.05, 3.63) is 24.3 Å². The van der Waals surface area contributed by atoms with Crippen molar-refractivity contribution in [2.24, 2.45) is 5.92 Å². The average Bonchev–Trinajstić information content (AvgIpc) is 2.38. The summed E-state index contributed by atoms with van der Waals surface area (Å²) in [6, 6.07) is 8.48. The van der Waals surface area contributed by atoms with Crippen molar-refractivity contribution >= 4 is 51.6 Å². The fraction of sp³-hybridized carbons (Fsp3) is 0.429. The maximum absolute atomic E-state index is 11.1. The molecule has 2 aliphatic carbocycles. The first-order chi connectivity index (χ1) is 10.1. The van der Waals surface area contributed by atoms with Crippen molar-refractivity contribution in [2.45, 2.75) is 31.4 Å². The molecule has 0 aliphatic heterocycles. The summed E-state index contributed by atoms with van der Waals surface area (Å²) in [5.41, 5.74) is 2.85. The summed E-state index contributed by atoms with van der Waals surface area (Å²) in [7, 11) is -5.01. The van der Waals surface area contributed by atoms with Gasteiger partial charge in [-0.2, -0.15) is 8.42 Å². The Morgan fingerprint density at radius 2 is 1.48 bits per heavy atom. The van der Waals surface area contributed by atoms with E-state index in [4.69, 9.17) is 14.8 Å². The predicted octanol–water partition coefficient (Wildman–Crippen LogP) is 1.24. The fourth-order valence-electron chi connectivity index (χ4n) is 2.39. The minimum Gasteiger partial charge on any atom is -0.0538 e. The second-order valence-corrected chi connectivity index (χ2v) is 6.58. The third-order valence-corrected chi connectivity index (χ3v) is 5.50. The normalized spacial score (nSPS) is 15.1. The zero-order chi connectivity index (χ0) is 17.1. The molecule has 3 N–H and O–H groups in total. The van der Waals surface area contributed by atoms with Gasteiger partial charge in [-0.3, -0.25) is 14.1 Å². The first-order valence-electron chi connectivity index (χ1n) is 6.65. The summed E-state index contributed by atoms with van der Waals surface area (Å²) in [6.45, 7) is 2.55. The molecule has 2 atom stereocenters. The Hall–Kier alpha value is -0.930. The summed E-state index contributed by atoms with van der Waals surface area (Å²) in [4.78, 5) is 21.8. The van der Waals surface area contributed by atoms with Crippen LogP contribution in [0.2, 0.25) is 0 Å². The van der Waals surface area contributed by atoms with Crippen LogP contribution in [0.15, 0.2) is 24.3 Å². The van der Waals surface area contributed by atoms with Crippen LogP contribution >= 0.6 is 0 Å². The second-order valence-electron chi connectivity index (χ2n) is 4.90. The molecule has 7 nitrogen and oxygen atoms in total. The standard InChI is InChI=1S/C8H14O7S.C6H4.Na.H/c1-3-5(6(9)10)8(4-2,7(11)12)16(13,14)15;1-2-6-4-3-5(1)6;;/h5H,3-4H2,1-2H3,(H,9,10)(H,11,12)(H,13,14,15);1-4H;;. The molecule has 2 unspecified atom stereocenters. The summed E-state index contributed by atoms with van der Waals surface area (Å²) in [5, 5.41) is 17.7. The third-order valence-electron chi connectivity index (χ3n) is 3.84. The monoisotopic (exact) mass is 354 g/mol. The molecular weight excluding hydrogens is 335 g/mol. The van der Waals surface area contributed by atoms with Gasteiger partial charge in [-0.05, 0) is 24.0 Å². The smallest absolute Gasteiger partial charge is 0.0184 e. The molecule has 0 aromatic heterocycles. The van der Waals surface area contributed by atoms with E-state index in [1.807, 2.05) is 0 Å². The van der Waals surface area contributed by atoms with E-state index in [0.717, 1.165) is 0 Å². The molecule has 0 amide bonds. The van der Waals surface area contributed by atoms with Crippen LogP contribution in [0.3, 0.4) is 0 Å². The number of benzene rings is 1. The molecule has 9 heteroatoms. The summed E-state index contributed by atoms with van der Waals surface area (Å²) < 4.78 is 28.6. The average molecular weight is 354 g/mol. The van der Waals surface area contributed by atoms with Crippen molar-refractivity contribution in [1.82, 2.24) is 0 Å². The number of aliphatic carboxylic acids is 2. The molecular formula is C14H19NaO7S. The van der Waals surface area contributed by atoms with Crippen molar-refractivity contribution in [2.75, 3.05) is 0 Å². The van der Waals surface area contributed by atoms with Gasteiger partial charge < -0.3 is 10.2 Å². The zero-order valence-corrected chi connectivity index (χ0v) is 13.0. The topological polar surface area (TPSA) is 129 Å². The molecule has 124 valence electrons. The van der Waals surface area contributed by atoms with Crippen LogP contribution in [0.1, 0.15) is 26.7 Å². The first-order valence-corrected chi connectivity index (χ1v) is 8.09. The molecule has 2 aliphatic rings. The van der Waals surface area contributed by atoms with E-state index in [1.165, 1.54) is 25.0 Å². The molecule has 2 rings (SSSR count). The Labute approximate surface area is 156 Å². The van der Waals surface area contributed by atoms with E-state index in [0.29, 0.717) is 0 Å². The summed E-state index contributed by atoms with van der Waals surface area (Å²) >= 11 is 0. The molecule has 0 spiro atoms. The largest absolute Gasteiger partial charge is 0.0538 e. The van der Waals surface area contributed by atoms with E-state index in [-0.39, 0.29) is 36.0 Å². The van der Waals surface area contributed by atoms with Crippen molar-refractivity contribution < 1.29 is 32.8 Å². The minimum atomic E-state index is -5.01. The predicted molar refractivity (Wildman–Crippen MR) is 86.2 cm³/mol. The molecule has 0 saturated carbocycles. The van der Waals surface area contributed by atoms with Crippen LogP contribution < -0.4 is 0 Å². The maximum atomic E-state index is 11.1. The zero-order valence-electron chi connectivity index (χ0n) is 12.2. The van der Waals surface area contributed by atoms with Crippen LogP contribution in [0, 0.1) is 5.92 Å². The number of hydrogen-bond donors (Lipinski definition) is 3. The third kappa shape index (κ3) is 4.13. The fourth-order valence-corrected chi connectivity index (χ4v) is 3.60. The van der Waals surface area contributed by atoms with Crippen LogP contribution in [0.25, 0.3) is 11.1 Å². The summed E-state index contributed by atoms with van der Waals surface area (Å²) in [5.74, 6) is -5.11. The number of carboxylic acids is 2. The van der Waals surface area contributed by atoms with E-state index in [1.54, 1.807) is 0 Å². The van der Waals surface area contributed by atoms with E-state index in [9.17, 15) is 18.0 Å². The number of rotatable bonds is 6. The van der Waals surface area contributed by atoms with Crippen LogP contribution in [-0.2, 0) is 19.7 Å². The molecule has 0 saturated heterocycles. The quantitative estimate of drug-likeness (QED) is 0.526. The van der Waals surface area contributed by atoms with Gasteiger partial charge in [0.25, 0.3) is 10.1 Å². The van der Waals surface area contributed by atoms with Gasteiger partial charge in [0.1, 0.15) is 0 Å². The van der Waals surface area contributed by atoms with Gasteiger partial charge in [0, 0.05) is 0 Å². The number of carboxylic acid groups (broad SMARTS) is 2. The Morgan fingerprint density at radius 1 is 1.09 bits per heavy atom. The number of carbonyl (C=O) groups is 2. The van der Waals surface area contributed by atoms with Gasteiger partial charge in [0.15, 0.2) is 0 Å². The van der Waals surface area contributed by atoms with Crippen LogP contribution in [0.5, 0.6) is 0 Å². The Bertz CT molecular complexity index is 648. The Balaban J connectivity index is 0.000000562. The van der Waals surface area contributed by atoms with Gasteiger partial charge in [-0.15, -0.1) is 0 Å². The first kappa shape index (κ1) is 22.1. The SMILES string of the molecule is CCC(C(=O)O)C(CC)(C(=O)O)S(=O)(=O)O.[NaH].c1cc2ccc1-2. The van der Waals surface area contributed by atoms with Gasteiger partial charge in [-0.25, -0.2) is 0 Å². The number of fused-ring (bicyclic) bond motifs is 1. The Kier molecular flexibility index (Phi) is 7.92. The van der Waals surface area contributed by atoms with Gasteiger partial charge in [-0.1, -0.05) is 38.1 Å². The van der Waals surface area contributed by atoms with Crippen molar-refractivity contribution in [3.8, 4) is 11.1 Å². The van der Waals surface area contributed by atoms with Crippen molar-refractivity contribution in [1.29, 1.82) is 0 Å². The van der Waals surface area contributed by atoms with Gasteiger partial charge >= 0.3 is 41.5 Å². The molecule has 0 bridgehead atoms. The van der Waals surface area contributed by atoms with Crippen molar-refractivity contribution in [3.63, 3.8) is 0 Å². The summed E-state index contributed by atoms with van der Waals surface area (Å²) in [6.07, 6.45) is -0.735. The van der Waals surface area contributed by atoms with Gasteiger partial charge in [0.2, 0.25) is 4.75 Å². The molecule has 0 aromatic carbocycles. The van der Waals surface area contributed by atoms with Crippen LogP contribution in [0.4, 0.5) is 0 Å². The molecule has 0 fully saturated rings.